The van der Waals surface area contributed by atoms with Crippen molar-refractivity contribution >= 4 is 33.2 Å². The van der Waals surface area contributed by atoms with E-state index in [9.17, 15) is 14.9 Å². The number of nitrogens with zero attached hydrogens (tertiary/aromatic N) is 4. The standard InChI is InChI=1S/C25H21BrN4O5/c1-16(18-7-9-19(10-8-18)30(32)33)27-29-24(31)14-28(13-17-5-3-2-4-6-17)25(29)20-11-22-23(12-21(20)26)35-15-34-22/h2-12,25H,13-15H2,1H3/b27-16-/t25-/m1/s1. The van der Waals surface area contributed by atoms with Crippen LogP contribution in [0.2, 0.25) is 0 Å². The van der Waals surface area contributed by atoms with Gasteiger partial charge in [0.2, 0.25) is 6.79 Å². The Bertz CT molecular complexity index is 1310. The van der Waals surface area contributed by atoms with Gasteiger partial charge in [-0.25, -0.2) is 5.01 Å². The monoisotopic (exact) mass is 536 g/mol. The van der Waals surface area contributed by atoms with Crippen molar-refractivity contribution in [3.63, 3.8) is 0 Å². The van der Waals surface area contributed by atoms with Gasteiger partial charge in [0.1, 0.15) is 6.17 Å². The molecule has 178 valence electrons. The number of ether oxygens (including phenoxy) is 2. The van der Waals surface area contributed by atoms with Crippen molar-refractivity contribution < 1.29 is 19.2 Å². The number of rotatable bonds is 6. The number of carbonyl (C=O) groups is 1. The summed E-state index contributed by atoms with van der Waals surface area (Å²) in [6.45, 7) is 2.64. The second-order valence-corrected chi connectivity index (χ2v) is 9.07. The summed E-state index contributed by atoms with van der Waals surface area (Å²) in [6, 6.07) is 19.7. The van der Waals surface area contributed by atoms with Crippen molar-refractivity contribution in [1.82, 2.24) is 9.91 Å². The summed E-state index contributed by atoms with van der Waals surface area (Å²) in [5, 5.41) is 17.2. The number of amides is 1. The highest BCUT2D eigenvalue weighted by Crippen LogP contribution is 2.43. The minimum absolute atomic E-state index is 0.00463. The first kappa shape index (κ1) is 23.0. The van der Waals surface area contributed by atoms with E-state index in [0.29, 0.717) is 29.3 Å². The quantitative estimate of drug-likeness (QED) is 0.253. The van der Waals surface area contributed by atoms with Gasteiger partial charge in [-0.2, -0.15) is 5.10 Å². The van der Waals surface area contributed by atoms with Crippen molar-refractivity contribution in [1.29, 1.82) is 0 Å². The topological polar surface area (TPSA) is 97.5 Å². The van der Waals surface area contributed by atoms with E-state index < -0.39 is 11.1 Å². The smallest absolute Gasteiger partial charge is 0.269 e. The first-order valence-electron chi connectivity index (χ1n) is 10.9. The molecule has 0 spiro atoms. The molecule has 0 aromatic heterocycles. The number of halogens is 1. The van der Waals surface area contributed by atoms with Gasteiger partial charge in [0, 0.05) is 28.7 Å². The maximum absolute atomic E-state index is 13.2. The van der Waals surface area contributed by atoms with Gasteiger partial charge in [0.15, 0.2) is 11.5 Å². The van der Waals surface area contributed by atoms with E-state index >= 15 is 0 Å². The minimum Gasteiger partial charge on any atom is -0.454 e. The Kier molecular flexibility index (Phi) is 6.23. The third-order valence-corrected chi connectivity index (χ3v) is 6.61. The number of nitro groups is 1. The SMILES string of the molecule is C/C(=N/N1C(=O)CN(Cc2ccccc2)[C@H]1c1cc2c(cc1Br)OCO2)c1ccc([N+](=O)[O-])cc1. The predicted molar refractivity (Wildman–Crippen MR) is 132 cm³/mol. The van der Waals surface area contributed by atoms with Gasteiger partial charge in [0.05, 0.1) is 17.2 Å². The van der Waals surface area contributed by atoms with Crippen LogP contribution >= 0.6 is 15.9 Å². The van der Waals surface area contributed by atoms with Crippen molar-refractivity contribution in [2.45, 2.75) is 19.6 Å². The van der Waals surface area contributed by atoms with Crippen molar-refractivity contribution in [3.8, 4) is 11.5 Å². The Morgan fingerprint density at radius 3 is 2.49 bits per heavy atom. The number of hydrogen-bond acceptors (Lipinski definition) is 7. The highest BCUT2D eigenvalue weighted by atomic mass is 79.9. The fourth-order valence-corrected chi connectivity index (χ4v) is 4.72. The van der Waals surface area contributed by atoms with E-state index in [1.165, 1.54) is 17.1 Å². The lowest BCUT2D eigenvalue weighted by atomic mass is 10.1. The van der Waals surface area contributed by atoms with Crippen molar-refractivity contribution in [2.24, 2.45) is 5.10 Å². The fourth-order valence-electron chi connectivity index (χ4n) is 4.20. The van der Waals surface area contributed by atoms with E-state index in [0.717, 1.165) is 15.6 Å². The summed E-state index contributed by atoms with van der Waals surface area (Å²) >= 11 is 3.64. The van der Waals surface area contributed by atoms with E-state index in [1.807, 2.05) is 47.4 Å². The van der Waals surface area contributed by atoms with Gasteiger partial charge >= 0.3 is 0 Å². The normalized spacial score (nSPS) is 17.8. The molecule has 0 N–H and O–H groups in total. The Balaban J connectivity index is 1.54. The fraction of sp³-hybridized carbons (Fsp3) is 0.200. The number of hydrazone groups is 1. The van der Waals surface area contributed by atoms with Gasteiger partial charge in [-0.3, -0.25) is 19.8 Å². The highest BCUT2D eigenvalue weighted by molar-refractivity contribution is 9.10. The molecule has 2 aliphatic rings. The molecule has 1 amide bonds. The van der Waals surface area contributed by atoms with E-state index in [1.54, 1.807) is 19.1 Å². The van der Waals surface area contributed by atoms with E-state index in [4.69, 9.17) is 9.47 Å². The molecular weight excluding hydrogens is 516 g/mol. The zero-order valence-corrected chi connectivity index (χ0v) is 20.3. The maximum Gasteiger partial charge on any atom is 0.269 e. The van der Waals surface area contributed by atoms with E-state index in [-0.39, 0.29) is 24.9 Å². The van der Waals surface area contributed by atoms with Crippen LogP contribution in [0.3, 0.4) is 0 Å². The zero-order chi connectivity index (χ0) is 24.5. The van der Waals surface area contributed by atoms with Crippen LogP contribution in [-0.2, 0) is 11.3 Å². The van der Waals surface area contributed by atoms with Crippen LogP contribution in [0.1, 0.15) is 29.8 Å². The molecule has 0 unspecified atom stereocenters. The van der Waals surface area contributed by atoms with Crippen LogP contribution in [0.5, 0.6) is 11.5 Å². The lowest BCUT2D eigenvalue weighted by Gasteiger charge is -2.29. The average Bonchev–Trinajstić information content (AvgIpc) is 3.42. The molecule has 9 nitrogen and oxygen atoms in total. The van der Waals surface area contributed by atoms with Crippen molar-refractivity contribution in [2.75, 3.05) is 13.3 Å². The van der Waals surface area contributed by atoms with Crippen LogP contribution in [0.4, 0.5) is 5.69 Å². The summed E-state index contributed by atoms with van der Waals surface area (Å²) in [5.41, 5.74) is 3.14. The largest absolute Gasteiger partial charge is 0.454 e. The van der Waals surface area contributed by atoms with Gasteiger partial charge in [-0.1, -0.05) is 46.3 Å². The van der Waals surface area contributed by atoms with Crippen LogP contribution < -0.4 is 9.47 Å². The maximum atomic E-state index is 13.2. The van der Waals surface area contributed by atoms with Gasteiger partial charge in [0.25, 0.3) is 11.6 Å². The van der Waals surface area contributed by atoms with E-state index in [2.05, 4.69) is 21.0 Å². The second-order valence-electron chi connectivity index (χ2n) is 8.22. The molecule has 0 bridgehead atoms. The first-order valence-corrected chi connectivity index (χ1v) is 11.7. The van der Waals surface area contributed by atoms with Crippen molar-refractivity contribution in [3.05, 3.63) is 98.0 Å². The summed E-state index contributed by atoms with van der Waals surface area (Å²) in [4.78, 5) is 25.8. The molecule has 0 saturated carbocycles. The number of benzene rings is 3. The third-order valence-electron chi connectivity index (χ3n) is 5.92. The summed E-state index contributed by atoms with van der Waals surface area (Å²) < 4.78 is 11.9. The Labute approximate surface area is 209 Å². The molecule has 0 radical (unpaired) electrons. The Morgan fingerprint density at radius 2 is 1.80 bits per heavy atom. The molecule has 10 heteroatoms. The van der Waals surface area contributed by atoms with Crippen LogP contribution in [0, 0.1) is 10.1 Å². The average molecular weight is 537 g/mol. The molecule has 3 aromatic rings. The lowest BCUT2D eigenvalue weighted by Crippen LogP contribution is -2.29. The molecule has 0 aliphatic carbocycles. The summed E-state index contributed by atoms with van der Waals surface area (Å²) in [6.07, 6.45) is -0.500. The molecular formula is C25H21BrN4O5. The number of non-ortho nitro benzene ring substituents is 1. The highest BCUT2D eigenvalue weighted by Gasteiger charge is 2.41. The summed E-state index contributed by atoms with van der Waals surface area (Å²) in [5.74, 6) is 1.09. The van der Waals surface area contributed by atoms with Crippen LogP contribution in [-0.4, -0.2) is 39.8 Å². The number of carbonyl (C=O) groups excluding carboxylic acids is 1. The Morgan fingerprint density at radius 1 is 1.11 bits per heavy atom. The molecule has 3 aromatic carbocycles. The molecule has 5 rings (SSSR count). The van der Waals surface area contributed by atoms with Gasteiger partial charge in [-0.15, -0.1) is 0 Å². The van der Waals surface area contributed by atoms with Crippen LogP contribution in [0.25, 0.3) is 0 Å². The minimum atomic E-state index is -0.500. The molecule has 35 heavy (non-hydrogen) atoms. The van der Waals surface area contributed by atoms with Gasteiger partial charge in [-0.05, 0) is 42.3 Å². The Hall–Kier alpha value is -3.76. The molecule has 2 heterocycles. The first-order chi connectivity index (χ1) is 16.9. The predicted octanol–water partition coefficient (Wildman–Crippen LogP) is 4.85. The van der Waals surface area contributed by atoms with Gasteiger partial charge < -0.3 is 9.47 Å². The molecule has 1 atom stereocenters. The molecule has 1 fully saturated rings. The number of nitro benzene ring substituents is 1. The molecule has 2 aliphatic heterocycles. The number of fused-ring (bicyclic) bond motifs is 1. The van der Waals surface area contributed by atoms with Crippen LogP contribution in [0.15, 0.2) is 76.3 Å². The summed E-state index contributed by atoms with van der Waals surface area (Å²) in [7, 11) is 0. The third kappa shape index (κ3) is 4.62. The number of hydrogen-bond donors (Lipinski definition) is 0. The second kappa shape index (κ2) is 9.47. The molecule has 1 saturated heterocycles. The lowest BCUT2D eigenvalue weighted by molar-refractivity contribution is -0.384. The zero-order valence-electron chi connectivity index (χ0n) is 18.8.